The Labute approximate surface area is 290 Å². The van der Waals surface area contributed by atoms with Crippen LogP contribution in [0.1, 0.15) is 54.7 Å². The third kappa shape index (κ3) is 6.97. The van der Waals surface area contributed by atoms with Crippen LogP contribution in [0, 0.1) is 0 Å². The number of carbonyl (C=O) groups is 5. The van der Waals surface area contributed by atoms with Crippen molar-refractivity contribution in [2.24, 2.45) is 0 Å². The minimum atomic E-state index is -1.64. The molecule has 6 rings (SSSR count). The summed E-state index contributed by atoms with van der Waals surface area (Å²) in [6.45, 7) is 2.76. The zero-order chi connectivity index (χ0) is 36.6. The van der Waals surface area contributed by atoms with Gasteiger partial charge in [-0.15, -0.1) is 0 Å². The number of ether oxygens (including phenoxy) is 9. The molecule has 3 aliphatic heterocycles. The van der Waals surface area contributed by atoms with Crippen LogP contribution in [0.5, 0.6) is 17.2 Å². The van der Waals surface area contributed by atoms with Crippen LogP contribution < -0.4 is 14.2 Å². The number of hydrogen-bond acceptors (Lipinski definition) is 16. The predicted octanol–water partition coefficient (Wildman–Crippen LogP) is 2.35. The molecule has 5 atom stereocenters. The molecule has 1 saturated heterocycles. The second-order valence-corrected chi connectivity index (χ2v) is 11.9. The number of hydrogen-bond donors (Lipinski definition) is 2. The van der Waals surface area contributed by atoms with Crippen LogP contribution in [0.25, 0.3) is 21.9 Å². The van der Waals surface area contributed by atoms with Gasteiger partial charge in [0.05, 0.1) is 18.8 Å². The monoisotopic (exact) mass is 710 g/mol. The zero-order valence-electron chi connectivity index (χ0n) is 27.9. The number of aliphatic hydroxyl groups is 2. The lowest BCUT2D eigenvalue weighted by Crippen LogP contribution is -2.63. The highest BCUT2D eigenvalue weighted by Gasteiger charge is 2.54. The first-order chi connectivity index (χ1) is 24.4. The summed E-state index contributed by atoms with van der Waals surface area (Å²) in [6.07, 6.45) is -7.47. The number of aliphatic hydroxyl groups excluding tert-OH is 2. The van der Waals surface area contributed by atoms with Gasteiger partial charge in [-0.25, -0.2) is 4.79 Å². The molecule has 3 aromatic carbocycles. The maximum atomic E-state index is 13.5. The van der Waals surface area contributed by atoms with E-state index in [1.54, 1.807) is 30.3 Å². The maximum absolute atomic E-state index is 13.5. The number of rotatable bonds is 10. The highest BCUT2D eigenvalue weighted by Crippen LogP contribution is 2.48. The molecule has 1 unspecified atom stereocenters. The Morgan fingerprint density at radius 2 is 1.37 bits per heavy atom. The lowest BCUT2D eigenvalue weighted by molar-refractivity contribution is -0.288. The van der Waals surface area contributed by atoms with E-state index in [4.69, 9.17) is 42.6 Å². The number of carbonyl (C=O) groups excluding carboxylic acids is 5. The van der Waals surface area contributed by atoms with E-state index in [9.17, 15) is 34.2 Å². The van der Waals surface area contributed by atoms with Crippen molar-refractivity contribution in [3.63, 3.8) is 0 Å². The molecule has 3 aliphatic rings. The molecular weight excluding hydrogens is 676 g/mol. The van der Waals surface area contributed by atoms with Crippen molar-refractivity contribution >= 4 is 40.6 Å². The molecule has 0 saturated carbocycles. The molecule has 270 valence electrons. The van der Waals surface area contributed by atoms with E-state index >= 15 is 0 Å². The van der Waals surface area contributed by atoms with Gasteiger partial charge in [-0.1, -0.05) is 6.07 Å². The van der Waals surface area contributed by atoms with Gasteiger partial charge >= 0.3 is 29.8 Å². The fraction of sp³-hybridized carbons (Fsp3) is 0.400. The average molecular weight is 711 g/mol. The normalized spacial score (nSPS) is 21.8. The minimum Gasteiger partial charge on any atom is -0.463 e. The van der Waals surface area contributed by atoms with E-state index < -0.39 is 80.4 Å². The number of esters is 5. The van der Waals surface area contributed by atoms with Crippen molar-refractivity contribution in [2.45, 2.75) is 78.2 Å². The Hall–Kier alpha value is -5.45. The van der Waals surface area contributed by atoms with Crippen molar-refractivity contribution in [1.29, 1.82) is 0 Å². The molecule has 16 heteroatoms. The summed E-state index contributed by atoms with van der Waals surface area (Å²) in [5.74, 6) is -2.90. The first-order valence-corrected chi connectivity index (χ1v) is 15.8. The quantitative estimate of drug-likeness (QED) is 0.229. The molecule has 0 amide bonds. The Bertz CT molecular complexity index is 1920. The summed E-state index contributed by atoms with van der Waals surface area (Å²) in [5.41, 5.74) is 2.01. The van der Waals surface area contributed by atoms with Crippen LogP contribution in [0.4, 0.5) is 0 Å². The summed E-state index contributed by atoms with van der Waals surface area (Å²) < 4.78 is 51.1. The van der Waals surface area contributed by atoms with Gasteiger partial charge < -0.3 is 52.8 Å². The molecular formula is C35H34O16. The molecule has 51 heavy (non-hydrogen) atoms. The van der Waals surface area contributed by atoms with Gasteiger partial charge in [-0.2, -0.15) is 0 Å². The summed E-state index contributed by atoms with van der Waals surface area (Å²) in [5, 5.41) is 21.2. The molecule has 3 aromatic rings. The molecule has 0 aromatic heterocycles. The summed E-state index contributed by atoms with van der Waals surface area (Å²) in [6, 6.07) is 8.29. The predicted molar refractivity (Wildman–Crippen MR) is 169 cm³/mol. The van der Waals surface area contributed by atoms with Crippen LogP contribution in [0.2, 0.25) is 0 Å². The van der Waals surface area contributed by atoms with E-state index in [0.717, 1.165) is 27.7 Å². The first kappa shape index (κ1) is 35.4. The molecule has 3 heterocycles. The Morgan fingerprint density at radius 1 is 0.745 bits per heavy atom. The van der Waals surface area contributed by atoms with E-state index in [1.807, 2.05) is 0 Å². The van der Waals surface area contributed by atoms with Gasteiger partial charge in [0.15, 0.2) is 23.7 Å². The smallest absolute Gasteiger partial charge is 0.339 e. The zero-order valence-corrected chi connectivity index (χ0v) is 27.9. The van der Waals surface area contributed by atoms with Crippen LogP contribution >= 0.6 is 0 Å². The fourth-order valence-corrected chi connectivity index (χ4v) is 6.40. The number of fused-ring (bicyclic) bond motifs is 3. The van der Waals surface area contributed by atoms with E-state index in [2.05, 4.69) is 0 Å². The molecule has 0 radical (unpaired) electrons. The fourth-order valence-electron chi connectivity index (χ4n) is 6.40. The van der Waals surface area contributed by atoms with Gasteiger partial charge in [0.2, 0.25) is 19.2 Å². The Kier molecular flexibility index (Phi) is 10.0. The van der Waals surface area contributed by atoms with Crippen LogP contribution in [0.3, 0.4) is 0 Å². The molecule has 0 bridgehead atoms. The third-order valence-electron chi connectivity index (χ3n) is 8.42. The van der Waals surface area contributed by atoms with Gasteiger partial charge in [0, 0.05) is 44.2 Å². The second-order valence-electron chi connectivity index (χ2n) is 11.9. The lowest BCUT2D eigenvalue weighted by atomic mass is 9.87. The maximum Gasteiger partial charge on any atom is 0.339 e. The summed E-state index contributed by atoms with van der Waals surface area (Å²) in [7, 11) is 0. The van der Waals surface area contributed by atoms with Crippen molar-refractivity contribution in [2.75, 3.05) is 13.4 Å². The summed E-state index contributed by atoms with van der Waals surface area (Å²) >= 11 is 0. The minimum absolute atomic E-state index is 0.00966. The molecule has 0 spiro atoms. The number of benzene rings is 3. The van der Waals surface area contributed by atoms with Gasteiger partial charge in [0.1, 0.15) is 25.1 Å². The largest absolute Gasteiger partial charge is 0.463 e. The average Bonchev–Trinajstić information content (AvgIpc) is 3.71. The molecule has 0 aliphatic carbocycles. The Morgan fingerprint density at radius 3 is 2.02 bits per heavy atom. The van der Waals surface area contributed by atoms with E-state index in [0.29, 0.717) is 44.5 Å². The third-order valence-corrected chi connectivity index (χ3v) is 8.42. The van der Waals surface area contributed by atoms with Gasteiger partial charge in [-0.05, 0) is 46.3 Å². The molecule has 1 fully saturated rings. The second kappa shape index (κ2) is 14.4. The topological polar surface area (TPSA) is 209 Å². The van der Waals surface area contributed by atoms with Crippen LogP contribution in [-0.4, -0.2) is 84.2 Å². The van der Waals surface area contributed by atoms with E-state index in [-0.39, 0.29) is 30.3 Å². The summed E-state index contributed by atoms with van der Waals surface area (Å²) in [4.78, 5) is 62.3. The Balaban J connectivity index is 1.57. The first-order valence-electron chi connectivity index (χ1n) is 15.8. The van der Waals surface area contributed by atoms with Crippen molar-refractivity contribution in [3.8, 4) is 28.4 Å². The van der Waals surface area contributed by atoms with Crippen LogP contribution in [0.15, 0.2) is 30.3 Å². The standard InChI is InChI=1S/C35H34O16/c1-15(38)43-13-27-31(47-16(2)39)32(48-17(3)40)33(49-18(4)41)35(50-27)51-30-23-8-21(11-37)20(10-36)7-22(23)28(29-24(30)12-44-34(29)42)19-5-6-25-26(9-19)46-14-45-25/h5-9,27,31-33,35-37H,10-14H2,1-4H3/t27-,31-,32+,33-,35?/m1/s1. The van der Waals surface area contributed by atoms with Crippen molar-refractivity contribution in [1.82, 2.24) is 0 Å². The molecule has 16 nitrogen and oxygen atoms in total. The van der Waals surface area contributed by atoms with Crippen LogP contribution in [-0.2, 0) is 67.4 Å². The number of cyclic esters (lactones) is 1. The molecule has 2 N–H and O–H groups in total. The highest BCUT2D eigenvalue weighted by atomic mass is 16.7. The van der Waals surface area contributed by atoms with Crippen molar-refractivity contribution in [3.05, 3.63) is 52.6 Å². The van der Waals surface area contributed by atoms with Gasteiger partial charge in [-0.3, -0.25) is 19.2 Å². The van der Waals surface area contributed by atoms with Gasteiger partial charge in [0.25, 0.3) is 0 Å². The SMILES string of the molecule is CC(=O)OC[C@H]1OC(Oc2c3c(c(-c4ccc5c(c4)OCO5)c4cc(CO)c(CO)cc24)C(=O)OC3)[C@H](OC(C)=O)[C@@H](OC(C)=O)[C@@H]1OC(C)=O. The van der Waals surface area contributed by atoms with Crippen molar-refractivity contribution < 1.29 is 76.8 Å². The lowest BCUT2D eigenvalue weighted by Gasteiger charge is -2.44. The highest BCUT2D eigenvalue weighted by molar-refractivity contribution is 6.13. The van der Waals surface area contributed by atoms with E-state index in [1.165, 1.54) is 0 Å².